The third-order valence-corrected chi connectivity index (χ3v) is 2.67. The Kier molecular flexibility index (Phi) is 4.06. The Morgan fingerprint density at radius 3 is 2.57 bits per heavy atom. The first kappa shape index (κ1) is 14.8. The highest BCUT2D eigenvalue weighted by Gasteiger charge is 2.34. The Balaban J connectivity index is 2.30. The van der Waals surface area contributed by atoms with E-state index in [1.165, 1.54) is 31.4 Å². The highest BCUT2D eigenvalue weighted by molar-refractivity contribution is 6.04. The quantitative estimate of drug-likeness (QED) is 0.914. The van der Waals surface area contributed by atoms with Crippen LogP contribution in [0.2, 0.25) is 0 Å². The van der Waals surface area contributed by atoms with Crippen molar-refractivity contribution in [2.75, 3.05) is 17.7 Å². The molecule has 2 rings (SSSR count). The van der Waals surface area contributed by atoms with E-state index in [0.29, 0.717) is 0 Å². The number of nitrogens with zero attached hydrogens (tertiary/aromatic N) is 2. The van der Waals surface area contributed by atoms with Crippen LogP contribution >= 0.6 is 0 Å². The summed E-state index contributed by atoms with van der Waals surface area (Å²) in [6.45, 7) is 0. The van der Waals surface area contributed by atoms with E-state index < -0.39 is 17.6 Å². The summed E-state index contributed by atoms with van der Waals surface area (Å²) in [5, 5.41) is 12.0. The molecule has 2 N–H and O–H groups in total. The Morgan fingerprint density at radius 2 is 2.00 bits per heavy atom. The fourth-order valence-electron chi connectivity index (χ4n) is 1.69. The molecular weight excluding hydrogens is 285 g/mol. The first-order valence-electron chi connectivity index (χ1n) is 5.90. The molecule has 0 fully saturated rings. The van der Waals surface area contributed by atoms with E-state index in [1.807, 2.05) is 0 Å². The topological polar surface area (TPSA) is 66.9 Å². The van der Waals surface area contributed by atoms with Crippen LogP contribution in [0.1, 0.15) is 15.9 Å². The van der Waals surface area contributed by atoms with Crippen molar-refractivity contribution in [3.8, 4) is 0 Å². The number of hydrogen-bond acceptors (Lipinski definition) is 4. The van der Waals surface area contributed by atoms with Crippen molar-refractivity contribution in [3.63, 3.8) is 0 Å². The largest absolute Gasteiger partial charge is 0.418 e. The Labute approximate surface area is 118 Å². The van der Waals surface area contributed by atoms with Gasteiger partial charge in [0.05, 0.1) is 5.56 Å². The Bertz CT molecular complexity index is 644. The van der Waals surface area contributed by atoms with Crippen molar-refractivity contribution in [2.45, 2.75) is 6.18 Å². The highest BCUT2D eigenvalue weighted by atomic mass is 19.4. The molecule has 8 heteroatoms. The summed E-state index contributed by atoms with van der Waals surface area (Å²) in [5.74, 6) is -0.530. The van der Waals surface area contributed by atoms with E-state index in [4.69, 9.17) is 0 Å². The van der Waals surface area contributed by atoms with Gasteiger partial charge in [0.2, 0.25) is 0 Å². The van der Waals surface area contributed by atoms with E-state index in [0.717, 1.165) is 6.07 Å². The monoisotopic (exact) mass is 296 g/mol. The zero-order chi connectivity index (χ0) is 15.5. The average molecular weight is 296 g/mol. The standard InChI is InChI=1S/C13H11F3N4O/c1-17-10-5-4-8(7-9(10)13(14,15)16)12(21)19-11-3-2-6-18-20-11/h2-7,17H,1H3,(H,19,20,21). The smallest absolute Gasteiger partial charge is 0.388 e. The summed E-state index contributed by atoms with van der Waals surface area (Å²) < 4.78 is 38.7. The number of hydrogen-bond donors (Lipinski definition) is 2. The number of alkyl halides is 3. The molecule has 0 bridgehead atoms. The van der Waals surface area contributed by atoms with Gasteiger partial charge in [0.15, 0.2) is 5.82 Å². The van der Waals surface area contributed by atoms with Crippen molar-refractivity contribution in [2.24, 2.45) is 0 Å². The van der Waals surface area contributed by atoms with E-state index in [2.05, 4.69) is 20.8 Å². The van der Waals surface area contributed by atoms with Gasteiger partial charge in [-0.15, -0.1) is 5.10 Å². The van der Waals surface area contributed by atoms with Crippen molar-refractivity contribution in [1.82, 2.24) is 10.2 Å². The van der Waals surface area contributed by atoms with Crippen molar-refractivity contribution in [1.29, 1.82) is 0 Å². The van der Waals surface area contributed by atoms with E-state index >= 15 is 0 Å². The van der Waals surface area contributed by atoms with Crippen LogP contribution in [0.5, 0.6) is 0 Å². The van der Waals surface area contributed by atoms with Crippen LogP contribution in [0.25, 0.3) is 0 Å². The number of anilines is 2. The zero-order valence-corrected chi connectivity index (χ0v) is 10.9. The number of benzene rings is 1. The number of nitrogens with one attached hydrogen (secondary N) is 2. The molecule has 0 saturated heterocycles. The molecule has 1 amide bonds. The molecule has 0 aliphatic carbocycles. The lowest BCUT2D eigenvalue weighted by Gasteiger charge is -2.14. The van der Waals surface area contributed by atoms with Crippen molar-refractivity contribution >= 4 is 17.4 Å². The maximum absolute atomic E-state index is 12.9. The molecule has 5 nitrogen and oxygen atoms in total. The SMILES string of the molecule is CNc1ccc(C(=O)Nc2cccnn2)cc1C(F)(F)F. The van der Waals surface area contributed by atoms with Crippen molar-refractivity contribution in [3.05, 3.63) is 47.7 Å². The lowest BCUT2D eigenvalue weighted by Crippen LogP contribution is -2.16. The summed E-state index contributed by atoms with van der Waals surface area (Å²) in [5.41, 5.74) is -1.12. The van der Waals surface area contributed by atoms with Crippen LogP contribution in [0, 0.1) is 0 Å². The normalized spacial score (nSPS) is 11.0. The summed E-state index contributed by atoms with van der Waals surface area (Å²) in [4.78, 5) is 11.9. The third kappa shape index (κ3) is 3.47. The minimum atomic E-state index is -4.55. The van der Waals surface area contributed by atoms with Gasteiger partial charge in [-0.3, -0.25) is 4.79 Å². The van der Waals surface area contributed by atoms with Gasteiger partial charge >= 0.3 is 6.18 Å². The lowest BCUT2D eigenvalue weighted by molar-refractivity contribution is -0.136. The van der Waals surface area contributed by atoms with Crippen LogP contribution in [0.4, 0.5) is 24.7 Å². The van der Waals surface area contributed by atoms with Crippen LogP contribution in [-0.2, 0) is 6.18 Å². The number of carbonyl (C=O) groups excluding carboxylic acids is 1. The maximum atomic E-state index is 12.9. The minimum absolute atomic E-state index is 0.0986. The van der Waals surface area contributed by atoms with Crippen LogP contribution in [0.15, 0.2) is 36.5 Å². The van der Waals surface area contributed by atoms with Crippen LogP contribution in [-0.4, -0.2) is 23.2 Å². The number of rotatable bonds is 3. The fourth-order valence-corrected chi connectivity index (χ4v) is 1.69. The molecule has 1 aromatic heterocycles. The summed E-state index contributed by atoms with van der Waals surface area (Å²) in [6.07, 6.45) is -3.14. The predicted octanol–water partition coefficient (Wildman–Crippen LogP) is 2.79. The molecule has 0 aliphatic rings. The molecule has 1 aromatic carbocycles. The fraction of sp³-hybridized carbons (Fsp3) is 0.154. The number of amides is 1. The molecule has 0 unspecified atom stereocenters. The number of halogens is 3. The maximum Gasteiger partial charge on any atom is 0.418 e. The van der Waals surface area contributed by atoms with E-state index in [9.17, 15) is 18.0 Å². The van der Waals surface area contributed by atoms with Gasteiger partial charge in [-0.25, -0.2) is 0 Å². The molecular formula is C13H11F3N4O. The lowest BCUT2D eigenvalue weighted by atomic mass is 10.1. The average Bonchev–Trinajstić information content (AvgIpc) is 2.46. The molecule has 0 atom stereocenters. The molecule has 21 heavy (non-hydrogen) atoms. The molecule has 1 heterocycles. The predicted molar refractivity (Wildman–Crippen MR) is 71.0 cm³/mol. The molecule has 2 aromatic rings. The molecule has 0 radical (unpaired) electrons. The van der Waals surface area contributed by atoms with Crippen LogP contribution in [0.3, 0.4) is 0 Å². The summed E-state index contributed by atoms with van der Waals surface area (Å²) in [6, 6.07) is 6.32. The van der Waals surface area contributed by atoms with Gasteiger partial charge in [0.1, 0.15) is 0 Å². The van der Waals surface area contributed by atoms with Gasteiger partial charge in [0.25, 0.3) is 5.91 Å². The summed E-state index contributed by atoms with van der Waals surface area (Å²) >= 11 is 0. The zero-order valence-electron chi connectivity index (χ0n) is 10.9. The number of aromatic nitrogens is 2. The second kappa shape index (κ2) is 5.78. The molecule has 0 saturated carbocycles. The van der Waals surface area contributed by atoms with Gasteiger partial charge in [0, 0.05) is 24.5 Å². The second-order valence-corrected chi connectivity index (χ2v) is 4.07. The third-order valence-electron chi connectivity index (χ3n) is 2.67. The molecule has 110 valence electrons. The van der Waals surface area contributed by atoms with E-state index in [1.54, 1.807) is 6.07 Å². The van der Waals surface area contributed by atoms with Crippen molar-refractivity contribution < 1.29 is 18.0 Å². The number of carbonyl (C=O) groups is 1. The highest BCUT2D eigenvalue weighted by Crippen LogP contribution is 2.35. The Hall–Kier alpha value is -2.64. The van der Waals surface area contributed by atoms with Gasteiger partial charge in [-0.05, 0) is 30.3 Å². The molecule has 0 aliphatic heterocycles. The second-order valence-electron chi connectivity index (χ2n) is 4.07. The molecule has 0 spiro atoms. The Morgan fingerprint density at radius 1 is 1.24 bits per heavy atom. The van der Waals surface area contributed by atoms with Gasteiger partial charge < -0.3 is 10.6 Å². The van der Waals surface area contributed by atoms with Crippen LogP contribution < -0.4 is 10.6 Å². The minimum Gasteiger partial charge on any atom is -0.388 e. The van der Waals surface area contributed by atoms with E-state index in [-0.39, 0.29) is 17.1 Å². The van der Waals surface area contributed by atoms with Gasteiger partial charge in [-0.2, -0.15) is 18.3 Å². The van der Waals surface area contributed by atoms with Gasteiger partial charge in [-0.1, -0.05) is 0 Å². The first-order valence-corrected chi connectivity index (χ1v) is 5.90. The first-order chi connectivity index (χ1) is 9.91. The summed E-state index contributed by atoms with van der Waals surface area (Å²) in [7, 11) is 1.38.